The van der Waals surface area contributed by atoms with Crippen molar-refractivity contribution in [3.05, 3.63) is 18.2 Å². The fourth-order valence-electron chi connectivity index (χ4n) is 1.86. The Kier molecular flexibility index (Phi) is 3.40. The molecule has 1 saturated heterocycles. The smallest absolute Gasteiger partial charge is 0.356 e. The second kappa shape index (κ2) is 4.99. The highest BCUT2D eigenvalue weighted by molar-refractivity contribution is 5.97. The number of imidazole rings is 1. The first-order chi connectivity index (χ1) is 8.58. The maximum absolute atomic E-state index is 11.5. The third kappa shape index (κ3) is 2.55. The van der Waals surface area contributed by atoms with Crippen LogP contribution >= 0.6 is 0 Å². The number of carboxylic acids is 1. The molecule has 0 radical (unpaired) electrons. The van der Waals surface area contributed by atoms with Gasteiger partial charge < -0.3 is 9.67 Å². The summed E-state index contributed by atoms with van der Waals surface area (Å²) in [4.78, 5) is 38.6. The first kappa shape index (κ1) is 12.3. The fraction of sp³-hybridized carbons (Fsp3) is 0.455. The van der Waals surface area contributed by atoms with E-state index in [9.17, 15) is 14.4 Å². The number of aromatic carboxylic acids is 1. The minimum absolute atomic E-state index is 0.0497. The first-order valence-corrected chi connectivity index (χ1v) is 5.66. The van der Waals surface area contributed by atoms with Gasteiger partial charge in [0.15, 0.2) is 5.69 Å². The lowest BCUT2D eigenvalue weighted by atomic mass is 10.1. The van der Waals surface area contributed by atoms with E-state index in [1.807, 2.05) is 0 Å². The molecule has 1 aromatic rings. The first-order valence-electron chi connectivity index (χ1n) is 5.66. The molecule has 1 N–H and O–H groups in total. The number of carbonyl (C=O) groups excluding carboxylic acids is 2. The molecule has 1 aliphatic rings. The van der Waals surface area contributed by atoms with Gasteiger partial charge in [0, 0.05) is 32.1 Å². The number of amides is 2. The Morgan fingerprint density at radius 3 is 2.50 bits per heavy atom. The molecule has 2 heterocycles. The standard InChI is InChI=1S/C11H13N3O4/c15-9-2-1-3-10(16)14(9)5-4-13-6-8(11(17)18)12-7-13/h6-7H,1-5H2,(H,17,18). The van der Waals surface area contributed by atoms with Crippen LogP contribution < -0.4 is 0 Å². The predicted octanol–water partition coefficient (Wildman–Crippen LogP) is 0.120. The van der Waals surface area contributed by atoms with E-state index < -0.39 is 5.97 Å². The summed E-state index contributed by atoms with van der Waals surface area (Å²) in [6, 6.07) is 0. The fourth-order valence-corrected chi connectivity index (χ4v) is 1.86. The van der Waals surface area contributed by atoms with Gasteiger partial charge in [0.25, 0.3) is 0 Å². The van der Waals surface area contributed by atoms with Gasteiger partial charge in [0.2, 0.25) is 11.8 Å². The highest BCUT2D eigenvalue weighted by atomic mass is 16.4. The number of aromatic nitrogens is 2. The van der Waals surface area contributed by atoms with Crippen LogP contribution in [-0.4, -0.2) is 43.9 Å². The average molecular weight is 251 g/mol. The summed E-state index contributed by atoms with van der Waals surface area (Å²) in [5.41, 5.74) is -0.0497. The molecule has 0 aliphatic carbocycles. The summed E-state index contributed by atoms with van der Waals surface area (Å²) >= 11 is 0. The molecule has 1 aliphatic heterocycles. The monoisotopic (exact) mass is 251 g/mol. The highest BCUT2D eigenvalue weighted by Crippen LogP contribution is 2.12. The van der Waals surface area contributed by atoms with Crippen LogP contribution in [0, 0.1) is 0 Å². The van der Waals surface area contributed by atoms with Crippen LogP contribution in [0.25, 0.3) is 0 Å². The Balaban J connectivity index is 1.95. The molecule has 7 nitrogen and oxygen atoms in total. The number of rotatable bonds is 4. The average Bonchev–Trinajstić information content (AvgIpc) is 2.77. The molecule has 7 heteroatoms. The lowest BCUT2D eigenvalue weighted by Crippen LogP contribution is -2.41. The molecule has 0 atom stereocenters. The van der Waals surface area contributed by atoms with Crippen molar-refractivity contribution in [1.29, 1.82) is 0 Å². The minimum atomic E-state index is -1.10. The van der Waals surface area contributed by atoms with Crippen LogP contribution in [0.5, 0.6) is 0 Å². The highest BCUT2D eigenvalue weighted by Gasteiger charge is 2.25. The number of nitrogens with zero attached hydrogens (tertiary/aromatic N) is 3. The number of carboxylic acid groups (broad SMARTS) is 1. The summed E-state index contributed by atoms with van der Waals surface area (Å²) in [6.07, 6.45) is 4.16. The van der Waals surface area contributed by atoms with E-state index in [1.54, 1.807) is 4.57 Å². The van der Waals surface area contributed by atoms with Crippen LogP contribution in [0.4, 0.5) is 0 Å². The van der Waals surface area contributed by atoms with E-state index in [-0.39, 0.29) is 24.1 Å². The van der Waals surface area contributed by atoms with E-state index in [0.29, 0.717) is 25.8 Å². The van der Waals surface area contributed by atoms with Crippen LogP contribution in [0.1, 0.15) is 29.8 Å². The zero-order chi connectivity index (χ0) is 13.1. The molecule has 0 spiro atoms. The quantitative estimate of drug-likeness (QED) is 0.767. The molecule has 1 fully saturated rings. The Bertz CT molecular complexity index is 478. The Morgan fingerprint density at radius 2 is 1.94 bits per heavy atom. The number of imide groups is 1. The van der Waals surface area contributed by atoms with Gasteiger partial charge in [0.05, 0.1) is 6.33 Å². The normalized spacial score (nSPS) is 16.1. The van der Waals surface area contributed by atoms with Crippen LogP contribution in [0.3, 0.4) is 0 Å². The van der Waals surface area contributed by atoms with Gasteiger partial charge in [-0.1, -0.05) is 0 Å². The third-order valence-electron chi connectivity index (χ3n) is 2.82. The molecular formula is C11H13N3O4. The van der Waals surface area contributed by atoms with Gasteiger partial charge in [-0.3, -0.25) is 14.5 Å². The second-order valence-corrected chi connectivity index (χ2v) is 4.09. The van der Waals surface area contributed by atoms with Gasteiger partial charge in [-0.2, -0.15) is 0 Å². The molecule has 2 amide bonds. The molecule has 0 unspecified atom stereocenters. The zero-order valence-electron chi connectivity index (χ0n) is 9.70. The van der Waals surface area contributed by atoms with Crippen molar-refractivity contribution < 1.29 is 19.5 Å². The number of piperidine rings is 1. The zero-order valence-corrected chi connectivity index (χ0v) is 9.70. The van der Waals surface area contributed by atoms with Crippen molar-refractivity contribution in [2.75, 3.05) is 6.54 Å². The van der Waals surface area contributed by atoms with E-state index in [0.717, 1.165) is 0 Å². The van der Waals surface area contributed by atoms with Gasteiger partial charge in [-0.25, -0.2) is 9.78 Å². The summed E-state index contributed by atoms with van der Waals surface area (Å²) in [5.74, 6) is -1.42. The molecule has 0 aromatic carbocycles. The minimum Gasteiger partial charge on any atom is -0.476 e. The molecule has 0 bridgehead atoms. The number of hydrogen-bond acceptors (Lipinski definition) is 4. The van der Waals surface area contributed by atoms with E-state index in [2.05, 4.69) is 4.98 Å². The van der Waals surface area contributed by atoms with Gasteiger partial charge >= 0.3 is 5.97 Å². The van der Waals surface area contributed by atoms with Crippen molar-refractivity contribution in [2.45, 2.75) is 25.8 Å². The molecule has 2 rings (SSSR count). The van der Waals surface area contributed by atoms with Gasteiger partial charge in [-0.15, -0.1) is 0 Å². The summed E-state index contributed by atoms with van der Waals surface area (Å²) in [6.45, 7) is 0.616. The maximum atomic E-state index is 11.5. The Labute approximate surface area is 103 Å². The van der Waals surface area contributed by atoms with E-state index in [4.69, 9.17) is 5.11 Å². The largest absolute Gasteiger partial charge is 0.476 e. The lowest BCUT2D eigenvalue weighted by molar-refractivity contribution is -0.148. The van der Waals surface area contributed by atoms with Gasteiger partial charge in [-0.05, 0) is 6.42 Å². The van der Waals surface area contributed by atoms with Crippen molar-refractivity contribution >= 4 is 17.8 Å². The van der Waals surface area contributed by atoms with Gasteiger partial charge in [0.1, 0.15) is 0 Å². The summed E-state index contributed by atoms with van der Waals surface area (Å²) < 4.78 is 1.55. The Hall–Kier alpha value is -2.18. The molecule has 1 aromatic heterocycles. The van der Waals surface area contributed by atoms with E-state index >= 15 is 0 Å². The predicted molar refractivity (Wildman–Crippen MR) is 59.8 cm³/mol. The Morgan fingerprint density at radius 1 is 1.28 bits per heavy atom. The third-order valence-corrected chi connectivity index (χ3v) is 2.82. The molecule has 18 heavy (non-hydrogen) atoms. The molecule has 0 saturated carbocycles. The van der Waals surface area contributed by atoms with Crippen LogP contribution in [0.2, 0.25) is 0 Å². The molecule has 96 valence electrons. The molecular weight excluding hydrogens is 238 g/mol. The topological polar surface area (TPSA) is 92.5 Å². The maximum Gasteiger partial charge on any atom is 0.356 e. The number of likely N-dealkylation sites (tertiary alicyclic amines) is 1. The lowest BCUT2D eigenvalue weighted by Gasteiger charge is -2.24. The summed E-state index contributed by atoms with van der Waals surface area (Å²) in [5, 5.41) is 8.70. The second-order valence-electron chi connectivity index (χ2n) is 4.09. The SMILES string of the molecule is O=C(O)c1cn(CCN2C(=O)CCCC2=O)cn1. The van der Waals surface area contributed by atoms with E-state index in [1.165, 1.54) is 17.4 Å². The summed E-state index contributed by atoms with van der Waals surface area (Å²) in [7, 11) is 0. The van der Waals surface area contributed by atoms with Crippen molar-refractivity contribution in [1.82, 2.24) is 14.5 Å². The number of hydrogen-bond donors (Lipinski definition) is 1. The van der Waals surface area contributed by atoms with Crippen molar-refractivity contribution in [2.24, 2.45) is 0 Å². The van der Waals surface area contributed by atoms with Crippen LogP contribution in [-0.2, 0) is 16.1 Å². The number of carbonyl (C=O) groups is 3. The van der Waals surface area contributed by atoms with Crippen molar-refractivity contribution in [3.8, 4) is 0 Å². The van der Waals surface area contributed by atoms with Crippen LogP contribution in [0.15, 0.2) is 12.5 Å². The van der Waals surface area contributed by atoms with Crippen molar-refractivity contribution in [3.63, 3.8) is 0 Å².